The molecule has 172 valence electrons. The predicted molar refractivity (Wildman–Crippen MR) is 127 cm³/mol. The Balaban J connectivity index is 1.13. The number of aryl methyl sites for hydroxylation is 2. The van der Waals surface area contributed by atoms with Crippen LogP contribution in [0.4, 0.5) is 0 Å². The van der Waals surface area contributed by atoms with Crippen LogP contribution in [-0.4, -0.2) is 57.1 Å². The fourth-order valence-electron chi connectivity index (χ4n) is 4.96. The van der Waals surface area contributed by atoms with Gasteiger partial charge in [0.05, 0.1) is 34.1 Å². The van der Waals surface area contributed by atoms with Gasteiger partial charge in [0, 0.05) is 44.1 Å². The summed E-state index contributed by atoms with van der Waals surface area (Å²) in [5.41, 5.74) is 5.19. The smallest absolute Gasteiger partial charge is 0.251 e. The number of aromatic nitrogens is 3. The number of likely N-dealkylation sites (tertiary alicyclic amines) is 1. The number of carbonyl (C=O) groups is 1. The standard InChI is InChI=1S/C26H31N5O2/c1-18-19(2)30-24-14-21(5-6-23(24)29-18)25(32)28-16-22-7-8-26(33-22)9-12-31(13-10-26)17-20-4-3-11-27-15-20/h3-6,11,14-15,22H,7-10,12-13,16-17H2,1-2H3,(H,28,32). The molecule has 2 fully saturated rings. The van der Waals surface area contributed by atoms with Crippen LogP contribution >= 0.6 is 0 Å². The summed E-state index contributed by atoms with van der Waals surface area (Å²) in [5.74, 6) is -0.0900. The van der Waals surface area contributed by atoms with Gasteiger partial charge in [-0.3, -0.25) is 14.7 Å². The molecule has 0 aliphatic carbocycles. The van der Waals surface area contributed by atoms with Gasteiger partial charge in [-0.1, -0.05) is 6.07 Å². The molecule has 0 bridgehead atoms. The molecular weight excluding hydrogens is 414 g/mol. The summed E-state index contributed by atoms with van der Waals surface area (Å²) < 4.78 is 6.50. The Labute approximate surface area is 194 Å². The van der Waals surface area contributed by atoms with Gasteiger partial charge in [-0.05, 0) is 69.4 Å². The summed E-state index contributed by atoms with van der Waals surface area (Å²) in [7, 11) is 0. The minimum Gasteiger partial charge on any atom is -0.370 e. The largest absolute Gasteiger partial charge is 0.370 e. The molecular formula is C26H31N5O2. The highest BCUT2D eigenvalue weighted by Gasteiger charge is 2.42. The molecule has 3 aromatic rings. The number of carbonyl (C=O) groups excluding carboxylic acids is 1. The minimum atomic E-state index is -0.0900. The van der Waals surface area contributed by atoms with Gasteiger partial charge in [0.25, 0.3) is 5.91 Å². The van der Waals surface area contributed by atoms with Crippen LogP contribution in [0.25, 0.3) is 11.0 Å². The molecule has 1 unspecified atom stereocenters. The van der Waals surface area contributed by atoms with Gasteiger partial charge < -0.3 is 10.1 Å². The summed E-state index contributed by atoms with van der Waals surface area (Å²) in [6.07, 6.45) is 7.97. The Morgan fingerprint density at radius 2 is 1.91 bits per heavy atom. The fraction of sp³-hybridized carbons (Fsp3) is 0.462. The first-order valence-electron chi connectivity index (χ1n) is 11.8. The summed E-state index contributed by atoms with van der Waals surface area (Å²) in [6, 6.07) is 9.62. The molecule has 1 N–H and O–H groups in total. The average Bonchev–Trinajstić information content (AvgIpc) is 3.23. The highest BCUT2D eigenvalue weighted by Crippen LogP contribution is 2.39. The van der Waals surface area contributed by atoms with Crippen molar-refractivity contribution in [2.75, 3.05) is 19.6 Å². The van der Waals surface area contributed by atoms with Gasteiger partial charge in [0.2, 0.25) is 0 Å². The third-order valence-electron chi connectivity index (χ3n) is 7.06. The zero-order valence-electron chi connectivity index (χ0n) is 19.4. The van der Waals surface area contributed by atoms with E-state index in [-0.39, 0.29) is 17.6 Å². The second-order valence-electron chi connectivity index (χ2n) is 9.41. The molecule has 2 saturated heterocycles. The van der Waals surface area contributed by atoms with Gasteiger partial charge in [0.15, 0.2) is 0 Å². The molecule has 1 amide bonds. The second-order valence-corrected chi connectivity index (χ2v) is 9.41. The van der Waals surface area contributed by atoms with Crippen molar-refractivity contribution in [3.63, 3.8) is 0 Å². The van der Waals surface area contributed by atoms with Crippen LogP contribution in [0.1, 0.15) is 53.0 Å². The highest BCUT2D eigenvalue weighted by atomic mass is 16.5. The number of rotatable bonds is 5. The van der Waals surface area contributed by atoms with Crippen molar-refractivity contribution < 1.29 is 9.53 Å². The number of hydrogen-bond acceptors (Lipinski definition) is 6. The number of benzene rings is 1. The van der Waals surface area contributed by atoms with E-state index >= 15 is 0 Å². The van der Waals surface area contributed by atoms with E-state index in [1.54, 1.807) is 0 Å². The zero-order chi connectivity index (χ0) is 22.8. The van der Waals surface area contributed by atoms with Gasteiger partial charge >= 0.3 is 0 Å². The predicted octanol–water partition coefficient (Wildman–Crippen LogP) is 3.59. The Morgan fingerprint density at radius 1 is 1.12 bits per heavy atom. The van der Waals surface area contributed by atoms with Crippen molar-refractivity contribution in [3.05, 3.63) is 65.2 Å². The van der Waals surface area contributed by atoms with E-state index in [2.05, 4.69) is 31.2 Å². The molecule has 1 atom stereocenters. The van der Waals surface area contributed by atoms with Crippen LogP contribution in [0, 0.1) is 13.8 Å². The third kappa shape index (κ3) is 4.89. The molecule has 2 aliphatic rings. The number of piperidine rings is 1. The first-order valence-corrected chi connectivity index (χ1v) is 11.8. The van der Waals surface area contributed by atoms with E-state index in [1.165, 1.54) is 5.56 Å². The van der Waals surface area contributed by atoms with Gasteiger partial charge in [-0.25, -0.2) is 9.97 Å². The summed E-state index contributed by atoms with van der Waals surface area (Å²) in [5, 5.41) is 3.07. The van der Waals surface area contributed by atoms with Crippen molar-refractivity contribution in [1.82, 2.24) is 25.2 Å². The topological polar surface area (TPSA) is 80.2 Å². The second kappa shape index (κ2) is 9.15. The minimum absolute atomic E-state index is 0.0330. The van der Waals surface area contributed by atoms with E-state index < -0.39 is 0 Å². The summed E-state index contributed by atoms with van der Waals surface area (Å²) >= 11 is 0. The number of nitrogens with one attached hydrogen (secondary N) is 1. The number of pyridine rings is 1. The maximum atomic E-state index is 12.8. The van der Waals surface area contributed by atoms with Crippen molar-refractivity contribution in [3.8, 4) is 0 Å². The summed E-state index contributed by atoms with van der Waals surface area (Å²) in [6.45, 7) is 7.43. The van der Waals surface area contributed by atoms with Gasteiger partial charge in [-0.15, -0.1) is 0 Å². The van der Waals surface area contributed by atoms with E-state index in [0.717, 1.165) is 67.7 Å². The first-order chi connectivity index (χ1) is 16.0. The number of amides is 1. The van der Waals surface area contributed by atoms with Crippen molar-refractivity contribution >= 4 is 16.9 Å². The van der Waals surface area contributed by atoms with Crippen LogP contribution in [0.2, 0.25) is 0 Å². The molecule has 5 rings (SSSR count). The zero-order valence-corrected chi connectivity index (χ0v) is 19.4. The van der Waals surface area contributed by atoms with Crippen LogP contribution in [0.3, 0.4) is 0 Å². The highest BCUT2D eigenvalue weighted by molar-refractivity contribution is 5.97. The van der Waals surface area contributed by atoms with Gasteiger partial charge in [-0.2, -0.15) is 0 Å². The van der Waals surface area contributed by atoms with E-state index in [1.807, 2.05) is 50.5 Å². The quantitative estimate of drug-likeness (QED) is 0.647. The van der Waals surface area contributed by atoms with Crippen molar-refractivity contribution in [2.45, 2.75) is 57.8 Å². The average molecular weight is 446 g/mol. The maximum Gasteiger partial charge on any atom is 0.251 e. The molecule has 2 aliphatic heterocycles. The lowest BCUT2D eigenvalue weighted by Crippen LogP contribution is -2.44. The normalized spacial score (nSPS) is 20.4. The van der Waals surface area contributed by atoms with Crippen LogP contribution in [-0.2, 0) is 11.3 Å². The van der Waals surface area contributed by atoms with E-state index in [9.17, 15) is 4.79 Å². The molecule has 7 nitrogen and oxygen atoms in total. The number of nitrogens with zero attached hydrogens (tertiary/aromatic N) is 4. The van der Waals surface area contributed by atoms with Crippen LogP contribution in [0.5, 0.6) is 0 Å². The molecule has 0 saturated carbocycles. The first kappa shape index (κ1) is 21.9. The Bertz CT molecular complexity index is 1140. The van der Waals surface area contributed by atoms with Crippen LogP contribution in [0.15, 0.2) is 42.7 Å². The third-order valence-corrected chi connectivity index (χ3v) is 7.06. The Morgan fingerprint density at radius 3 is 2.67 bits per heavy atom. The molecule has 1 spiro atoms. The lowest BCUT2D eigenvalue weighted by molar-refractivity contribution is -0.0764. The van der Waals surface area contributed by atoms with E-state index in [0.29, 0.717) is 12.1 Å². The number of fused-ring (bicyclic) bond motifs is 1. The monoisotopic (exact) mass is 445 g/mol. The van der Waals surface area contributed by atoms with E-state index in [4.69, 9.17) is 4.74 Å². The Hall–Kier alpha value is -2.90. The fourth-order valence-corrected chi connectivity index (χ4v) is 4.96. The van der Waals surface area contributed by atoms with Crippen molar-refractivity contribution in [1.29, 1.82) is 0 Å². The molecule has 7 heteroatoms. The Kier molecular flexibility index (Phi) is 6.08. The van der Waals surface area contributed by atoms with Crippen molar-refractivity contribution in [2.24, 2.45) is 0 Å². The molecule has 33 heavy (non-hydrogen) atoms. The number of hydrogen-bond donors (Lipinski definition) is 1. The SMILES string of the molecule is Cc1nc2ccc(C(=O)NCC3CCC4(CCN(Cc5cccnc5)CC4)O3)cc2nc1C. The molecule has 2 aromatic heterocycles. The molecule has 0 radical (unpaired) electrons. The lowest BCUT2D eigenvalue weighted by atomic mass is 9.88. The molecule has 1 aromatic carbocycles. The van der Waals surface area contributed by atoms with Gasteiger partial charge in [0.1, 0.15) is 0 Å². The lowest BCUT2D eigenvalue weighted by Gasteiger charge is -2.39. The van der Waals surface area contributed by atoms with Crippen LogP contribution < -0.4 is 5.32 Å². The molecule has 4 heterocycles. The summed E-state index contributed by atoms with van der Waals surface area (Å²) in [4.78, 5) is 28.6. The maximum absolute atomic E-state index is 12.8. The number of ether oxygens (including phenoxy) is 1.